The Balaban J connectivity index is 2.41. The first-order valence-corrected chi connectivity index (χ1v) is 6.60. The summed E-state index contributed by atoms with van der Waals surface area (Å²) in [4.78, 5) is 4.37. The van der Waals surface area contributed by atoms with Gasteiger partial charge in [-0.1, -0.05) is 6.07 Å². The van der Waals surface area contributed by atoms with Crippen LogP contribution in [0.5, 0.6) is 0 Å². The molecule has 2 rings (SSSR count). The number of nitrogens with one attached hydrogen (secondary N) is 1. The first-order chi connectivity index (χ1) is 8.08. The highest BCUT2D eigenvalue weighted by molar-refractivity contribution is 9.11. The van der Waals surface area contributed by atoms with Crippen molar-refractivity contribution in [1.82, 2.24) is 4.98 Å². The Morgan fingerprint density at radius 1 is 1.12 bits per heavy atom. The Labute approximate surface area is 117 Å². The van der Waals surface area contributed by atoms with E-state index in [1.54, 1.807) is 0 Å². The molecule has 88 valence electrons. The third-order valence-electron chi connectivity index (χ3n) is 2.27. The lowest BCUT2D eigenvalue weighted by atomic mass is 10.3. The molecule has 1 aromatic carbocycles. The fourth-order valence-corrected chi connectivity index (χ4v) is 2.60. The second-order valence-corrected chi connectivity index (χ2v) is 5.32. The van der Waals surface area contributed by atoms with Crippen molar-refractivity contribution in [1.29, 1.82) is 0 Å². The van der Waals surface area contributed by atoms with E-state index >= 15 is 0 Å². The molecule has 0 saturated carbocycles. The van der Waals surface area contributed by atoms with E-state index < -0.39 is 0 Å². The van der Waals surface area contributed by atoms with Gasteiger partial charge in [0.25, 0.3) is 0 Å². The van der Waals surface area contributed by atoms with E-state index in [2.05, 4.69) is 42.2 Å². The van der Waals surface area contributed by atoms with Gasteiger partial charge in [0, 0.05) is 14.6 Å². The van der Waals surface area contributed by atoms with Crippen molar-refractivity contribution >= 4 is 49.1 Å². The molecule has 3 N–H and O–H groups in total. The first-order valence-electron chi connectivity index (χ1n) is 5.02. The molecule has 0 aliphatic carbocycles. The number of rotatable bonds is 2. The van der Waals surface area contributed by atoms with E-state index in [4.69, 9.17) is 5.73 Å². The molecule has 0 aliphatic heterocycles. The third-order valence-corrected chi connectivity index (χ3v) is 3.59. The second kappa shape index (κ2) is 5.06. The quantitative estimate of drug-likeness (QED) is 0.846. The number of halogens is 2. The number of aromatic nitrogens is 1. The molecule has 0 spiro atoms. The largest absolute Gasteiger partial charge is 0.396 e. The summed E-state index contributed by atoms with van der Waals surface area (Å²) in [7, 11) is 0. The molecule has 17 heavy (non-hydrogen) atoms. The summed E-state index contributed by atoms with van der Waals surface area (Å²) in [6.45, 7) is 1.93. The van der Waals surface area contributed by atoms with E-state index in [0.29, 0.717) is 11.5 Å². The standard InChI is InChI=1S/C12H11Br2N3/c1-7-5-6-10(15)12(16-7)17-11-8(13)3-2-4-9(11)14/h2-6H,15H2,1H3,(H,16,17). The Bertz CT molecular complexity index is 535. The number of aryl methyl sites for hydroxylation is 1. The fourth-order valence-electron chi connectivity index (χ4n) is 1.40. The number of nitrogen functional groups attached to an aromatic ring is 1. The summed E-state index contributed by atoms with van der Waals surface area (Å²) in [5, 5.41) is 3.22. The average molecular weight is 357 g/mol. The summed E-state index contributed by atoms with van der Waals surface area (Å²) in [5.41, 5.74) is 8.34. The number of pyridine rings is 1. The molecule has 0 bridgehead atoms. The van der Waals surface area contributed by atoms with Gasteiger partial charge >= 0.3 is 0 Å². The van der Waals surface area contributed by atoms with Gasteiger partial charge in [-0.25, -0.2) is 4.98 Å². The van der Waals surface area contributed by atoms with Crippen LogP contribution in [0, 0.1) is 6.92 Å². The van der Waals surface area contributed by atoms with Crippen LogP contribution in [0.15, 0.2) is 39.3 Å². The van der Waals surface area contributed by atoms with E-state index in [-0.39, 0.29) is 0 Å². The number of nitrogens with zero attached hydrogens (tertiary/aromatic N) is 1. The van der Waals surface area contributed by atoms with Crippen LogP contribution in [0.4, 0.5) is 17.2 Å². The van der Waals surface area contributed by atoms with Crippen LogP contribution in [-0.4, -0.2) is 4.98 Å². The maximum absolute atomic E-state index is 5.88. The number of benzene rings is 1. The summed E-state index contributed by atoms with van der Waals surface area (Å²) < 4.78 is 1.91. The van der Waals surface area contributed by atoms with Crippen LogP contribution in [0.2, 0.25) is 0 Å². The highest BCUT2D eigenvalue weighted by atomic mass is 79.9. The number of hydrogen-bond acceptors (Lipinski definition) is 3. The molecule has 0 radical (unpaired) electrons. The molecule has 0 amide bonds. The normalized spacial score (nSPS) is 10.3. The zero-order valence-electron chi connectivity index (χ0n) is 9.17. The first kappa shape index (κ1) is 12.4. The molecule has 0 aliphatic rings. The molecule has 0 unspecified atom stereocenters. The summed E-state index contributed by atoms with van der Waals surface area (Å²) in [6, 6.07) is 9.59. The molecular weight excluding hydrogens is 346 g/mol. The molecule has 3 nitrogen and oxygen atoms in total. The second-order valence-electron chi connectivity index (χ2n) is 3.61. The van der Waals surface area contributed by atoms with Crippen LogP contribution in [0.1, 0.15) is 5.69 Å². The van der Waals surface area contributed by atoms with Crippen molar-refractivity contribution in [2.24, 2.45) is 0 Å². The van der Waals surface area contributed by atoms with Crippen LogP contribution >= 0.6 is 31.9 Å². The Hall–Kier alpha value is -1.07. The molecule has 0 saturated heterocycles. The minimum Gasteiger partial charge on any atom is -0.396 e. The van der Waals surface area contributed by atoms with Gasteiger partial charge in [0.05, 0.1) is 11.4 Å². The van der Waals surface area contributed by atoms with Gasteiger partial charge in [-0.15, -0.1) is 0 Å². The lowest BCUT2D eigenvalue weighted by Gasteiger charge is -2.12. The summed E-state index contributed by atoms with van der Waals surface area (Å²) in [5.74, 6) is 0.664. The van der Waals surface area contributed by atoms with E-state index in [9.17, 15) is 0 Å². The molecule has 0 fully saturated rings. The van der Waals surface area contributed by atoms with Gasteiger partial charge in [-0.05, 0) is 63.0 Å². The molecule has 0 atom stereocenters. The number of nitrogens with two attached hydrogens (primary N) is 1. The molecule has 2 aromatic rings. The highest BCUT2D eigenvalue weighted by Crippen LogP contribution is 2.33. The van der Waals surface area contributed by atoms with Gasteiger partial charge in [0.2, 0.25) is 0 Å². The smallest absolute Gasteiger partial charge is 0.153 e. The fraction of sp³-hybridized carbons (Fsp3) is 0.0833. The molecule has 1 aromatic heterocycles. The van der Waals surface area contributed by atoms with Crippen molar-refractivity contribution in [3.05, 3.63) is 45.0 Å². The Morgan fingerprint density at radius 2 is 1.76 bits per heavy atom. The van der Waals surface area contributed by atoms with Crippen molar-refractivity contribution in [2.45, 2.75) is 6.92 Å². The number of para-hydroxylation sites is 1. The van der Waals surface area contributed by atoms with Crippen LogP contribution in [0.25, 0.3) is 0 Å². The van der Waals surface area contributed by atoms with Crippen molar-refractivity contribution in [3.63, 3.8) is 0 Å². The lowest BCUT2D eigenvalue weighted by Crippen LogP contribution is -2.01. The third kappa shape index (κ3) is 2.79. The zero-order chi connectivity index (χ0) is 12.4. The predicted molar refractivity (Wildman–Crippen MR) is 78.5 cm³/mol. The van der Waals surface area contributed by atoms with Gasteiger partial charge in [-0.3, -0.25) is 0 Å². The van der Waals surface area contributed by atoms with Crippen LogP contribution in [-0.2, 0) is 0 Å². The lowest BCUT2D eigenvalue weighted by molar-refractivity contribution is 1.20. The van der Waals surface area contributed by atoms with E-state index in [1.165, 1.54) is 0 Å². The minimum absolute atomic E-state index is 0.623. The van der Waals surface area contributed by atoms with Crippen LogP contribution in [0.3, 0.4) is 0 Å². The van der Waals surface area contributed by atoms with Gasteiger partial charge in [-0.2, -0.15) is 0 Å². The number of anilines is 3. The minimum atomic E-state index is 0.623. The monoisotopic (exact) mass is 355 g/mol. The molecular formula is C12H11Br2N3. The van der Waals surface area contributed by atoms with Crippen molar-refractivity contribution < 1.29 is 0 Å². The van der Waals surface area contributed by atoms with Gasteiger partial charge in [0.1, 0.15) is 0 Å². The van der Waals surface area contributed by atoms with E-state index in [1.807, 2.05) is 37.3 Å². The Morgan fingerprint density at radius 3 is 2.41 bits per heavy atom. The van der Waals surface area contributed by atoms with Crippen molar-refractivity contribution in [2.75, 3.05) is 11.1 Å². The predicted octanol–water partition coefficient (Wildman–Crippen LogP) is 4.24. The zero-order valence-corrected chi connectivity index (χ0v) is 12.3. The maximum Gasteiger partial charge on any atom is 0.153 e. The average Bonchev–Trinajstić information content (AvgIpc) is 2.28. The highest BCUT2D eigenvalue weighted by Gasteiger charge is 2.07. The van der Waals surface area contributed by atoms with Crippen molar-refractivity contribution in [3.8, 4) is 0 Å². The summed E-state index contributed by atoms with van der Waals surface area (Å²) >= 11 is 6.97. The van der Waals surface area contributed by atoms with Gasteiger partial charge < -0.3 is 11.1 Å². The topological polar surface area (TPSA) is 50.9 Å². The summed E-state index contributed by atoms with van der Waals surface area (Å²) in [6.07, 6.45) is 0. The van der Waals surface area contributed by atoms with E-state index in [0.717, 1.165) is 20.3 Å². The molecule has 1 heterocycles. The van der Waals surface area contributed by atoms with Gasteiger partial charge in [0.15, 0.2) is 5.82 Å². The molecule has 5 heteroatoms. The van der Waals surface area contributed by atoms with Crippen LogP contribution < -0.4 is 11.1 Å². The maximum atomic E-state index is 5.88. The SMILES string of the molecule is Cc1ccc(N)c(Nc2c(Br)cccc2Br)n1. The Kier molecular flexibility index (Phi) is 3.69. The number of hydrogen-bond donors (Lipinski definition) is 2.